The summed E-state index contributed by atoms with van der Waals surface area (Å²) in [4.78, 5) is 0.195. The standard InChI is InChI=1S/C18H21Cl2NO3S/c1-2-3-13-24-14-7-9-15(10-8-14)25(22,23)21-12-11-16-17(19)5-4-6-18(16)20/h4-10,21H,2-3,11-13H2,1H3. The zero-order valence-electron chi connectivity index (χ0n) is 14.0. The van der Waals surface area contributed by atoms with Crippen LogP contribution in [0.1, 0.15) is 25.3 Å². The first-order valence-corrected chi connectivity index (χ1v) is 10.3. The van der Waals surface area contributed by atoms with Crippen molar-refractivity contribution in [3.63, 3.8) is 0 Å². The number of unbranched alkanes of at least 4 members (excludes halogenated alkanes) is 1. The Morgan fingerprint density at radius 2 is 1.68 bits per heavy atom. The quantitative estimate of drug-likeness (QED) is 0.619. The molecule has 0 aromatic heterocycles. The molecule has 1 N–H and O–H groups in total. The fourth-order valence-corrected chi connectivity index (χ4v) is 3.83. The van der Waals surface area contributed by atoms with Gasteiger partial charge in [-0.15, -0.1) is 0 Å². The number of ether oxygens (including phenoxy) is 1. The first-order chi connectivity index (χ1) is 11.9. The van der Waals surface area contributed by atoms with E-state index in [9.17, 15) is 8.42 Å². The Kier molecular flexibility index (Phi) is 7.56. The maximum absolute atomic E-state index is 12.3. The molecule has 2 rings (SSSR count). The van der Waals surface area contributed by atoms with Gasteiger partial charge in [-0.3, -0.25) is 0 Å². The molecular formula is C18H21Cl2NO3S. The third-order valence-corrected chi connectivity index (χ3v) is 5.81. The van der Waals surface area contributed by atoms with Crippen molar-refractivity contribution < 1.29 is 13.2 Å². The molecular weight excluding hydrogens is 381 g/mol. The average molecular weight is 402 g/mol. The fourth-order valence-electron chi connectivity index (χ4n) is 2.21. The molecule has 0 heterocycles. The lowest BCUT2D eigenvalue weighted by atomic mass is 10.1. The normalized spacial score (nSPS) is 11.5. The van der Waals surface area contributed by atoms with E-state index in [2.05, 4.69) is 11.6 Å². The van der Waals surface area contributed by atoms with Crippen LogP contribution in [-0.4, -0.2) is 21.6 Å². The molecule has 0 spiro atoms. The Bertz CT molecular complexity index is 772. The van der Waals surface area contributed by atoms with Gasteiger partial charge in [0.2, 0.25) is 10.0 Å². The van der Waals surface area contributed by atoms with E-state index in [1.807, 2.05) is 0 Å². The van der Waals surface area contributed by atoms with Crippen molar-refractivity contribution in [1.82, 2.24) is 4.72 Å². The van der Waals surface area contributed by atoms with Crippen molar-refractivity contribution in [2.75, 3.05) is 13.2 Å². The van der Waals surface area contributed by atoms with Crippen LogP contribution in [0.2, 0.25) is 10.0 Å². The fraction of sp³-hybridized carbons (Fsp3) is 0.333. The number of hydrogen-bond acceptors (Lipinski definition) is 3. The van der Waals surface area contributed by atoms with E-state index >= 15 is 0 Å². The van der Waals surface area contributed by atoms with E-state index in [0.717, 1.165) is 18.4 Å². The summed E-state index contributed by atoms with van der Waals surface area (Å²) in [5, 5.41) is 1.06. The zero-order valence-corrected chi connectivity index (χ0v) is 16.3. The van der Waals surface area contributed by atoms with Crippen molar-refractivity contribution in [2.24, 2.45) is 0 Å². The Balaban J connectivity index is 1.95. The summed E-state index contributed by atoms with van der Waals surface area (Å²) in [6, 6.07) is 11.6. The minimum absolute atomic E-state index is 0.195. The molecule has 4 nitrogen and oxygen atoms in total. The SMILES string of the molecule is CCCCOc1ccc(S(=O)(=O)NCCc2c(Cl)cccc2Cl)cc1. The van der Waals surface area contributed by atoms with E-state index in [0.29, 0.717) is 28.8 Å². The first kappa shape index (κ1) is 20.0. The molecule has 0 saturated carbocycles. The highest BCUT2D eigenvalue weighted by atomic mass is 35.5. The second-order valence-corrected chi connectivity index (χ2v) is 8.10. The minimum atomic E-state index is -3.59. The van der Waals surface area contributed by atoms with Crippen molar-refractivity contribution in [3.8, 4) is 5.75 Å². The molecule has 0 fully saturated rings. The molecule has 0 bridgehead atoms. The Hall–Kier alpha value is -1.27. The van der Waals surface area contributed by atoms with Crippen LogP contribution in [0.4, 0.5) is 0 Å². The van der Waals surface area contributed by atoms with E-state index in [4.69, 9.17) is 27.9 Å². The maximum atomic E-state index is 12.3. The summed E-state index contributed by atoms with van der Waals surface area (Å²) < 4.78 is 32.8. The second-order valence-electron chi connectivity index (χ2n) is 5.52. The Morgan fingerprint density at radius 1 is 1.04 bits per heavy atom. The molecule has 2 aromatic rings. The molecule has 0 atom stereocenters. The van der Waals surface area contributed by atoms with Gasteiger partial charge in [-0.1, -0.05) is 42.6 Å². The van der Waals surface area contributed by atoms with E-state index < -0.39 is 10.0 Å². The van der Waals surface area contributed by atoms with Crippen molar-refractivity contribution in [1.29, 1.82) is 0 Å². The first-order valence-electron chi connectivity index (χ1n) is 8.09. The second kappa shape index (κ2) is 9.43. The predicted octanol–water partition coefficient (Wildman–Crippen LogP) is 4.69. The lowest BCUT2D eigenvalue weighted by Crippen LogP contribution is -2.26. The number of benzene rings is 2. The summed E-state index contributed by atoms with van der Waals surface area (Å²) in [5.41, 5.74) is 0.730. The van der Waals surface area contributed by atoms with Gasteiger partial charge in [-0.25, -0.2) is 13.1 Å². The molecule has 0 radical (unpaired) electrons. The predicted molar refractivity (Wildman–Crippen MR) is 102 cm³/mol. The third kappa shape index (κ3) is 5.89. The maximum Gasteiger partial charge on any atom is 0.240 e. The van der Waals surface area contributed by atoms with E-state index in [1.54, 1.807) is 30.3 Å². The number of sulfonamides is 1. The van der Waals surface area contributed by atoms with Gasteiger partial charge in [0.15, 0.2) is 0 Å². The Labute approximate surface area is 159 Å². The van der Waals surface area contributed by atoms with Crippen LogP contribution < -0.4 is 9.46 Å². The van der Waals surface area contributed by atoms with E-state index in [-0.39, 0.29) is 11.4 Å². The summed E-state index contributed by atoms with van der Waals surface area (Å²) in [6.45, 7) is 2.92. The molecule has 0 aliphatic heterocycles. The molecule has 2 aromatic carbocycles. The topological polar surface area (TPSA) is 55.4 Å². The molecule has 0 saturated heterocycles. The van der Waals surface area contributed by atoms with Crippen LogP contribution in [0.25, 0.3) is 0 Å². The van der Waals surface area contributed by atoms with Gasteiger partial charge in [-0.2, -0.15) is 0 Å². The highest BCUT2D eigenvalue weighted by Gasteiger charge is 2.14. The zero-order chi connectivity index (χ0) is 18.3. The summed E-state index contributed by atoms with van der Waals surface area (Å²) in [5.74, 6) is 0.662. The van der Waals surface area contributed by atoms with Gasteiger partial charge in [0.05, 0.1) is 11.5 Å². The monoisotopic (exact) mass is 401 g/mol. The summed E-state index contributed by atoms with van der Waals surface area (Å²) in [7, 11) is -3.59. The van der Waals surface area contributed by atoms with Crippen LogP contribution in [0, 0.1) is 0 Å². The molecule has 0 amide bonds. The van der Waals surface area contributed by atoms with Gasteiger partial charge in [0.25, 0.3) is 0 Å². The van der Waals surface area contributed by atoms with Crippen LogP contribution in [-0.2, 0) is 16.4 Å². The van der Waals surface area contributed by atoms with Crippen LogP contribution in [0.3, 0.4) is 0 Å². The van der Waals surface area contributed by atoms with Gasteiger partial charge in [-0.05, 0) is 54.8 Å². The summed E-state index contributed by atoms with van der Waals surface area (Å²) in [6.07, 6.45) is 2.42. The molecule has 7 heteroatoms. The van der Waals surface area contributed by atoms with Crippen LogP contribution >= 0.6 is 23.2 Å². The highest BCUT2D eigenvalue weighted by molar-refractivity contribution is 7.89. The van der Waals surface area contributed by atoms with Gasteiger partial charge in [0.1, 0.15) is 5.75 Å². The molecule has 136 valence electrons. The van der Waals surface area contributed by atoms with Gasteiger partial charge in [0, 0.05) is 16.6 Å². The lowest BCUT2D eigenvalue weighted by Gasteiger charge is -2.10. The highest BCUT2D eigenvalue weighted by Crippen LogP contribution is 2.24. The van der Waals surface area contributed by atoms with Crippen molar-refractivity contribution in [2.45, 2.75) is 31.1 Å². The van der Waals surface area contributed by atoms with Gasteiger partial charge < -0.3 is 4.74 Å². The summed E-state index contributed by atoms with van der Waals surface area (Å²) >= 11 is 12.2. The minimum Gasteiger partial charge on any atom is -0.494 e. The average Bonchev–Trinajstić information content (AvgIpc) is 2.58. The molecule has 0 aliphatic carbocycles. The van der Waals surface area contributed by atoms with E-state index in [1.165, 1.54) is 12.1 Å². The molecule has 25 heavy (non-hydrogen) atoms. The van der Waals surface area contributed by atoms with Gasteiger partial charge >= 0.3 is 0 Å². The largest absolute Gasteiger partial charge is 0.494 e. The van der Waals surface area contributed by atoms with Crippen molar-refractivity contribution >= 4 is 33.2 Å². The number of nitrogens with one attached hydrogen (secondary N) is 1. The molecule has 0 aliphatic rings. The number of hydrogen-bond donors (Lipinski definition) is 1. The third-order valence-electron chi connectivity index (χ3n) is 3.63. The number of halogens is 2. The lowest BCUT2D eigenvalue weighted by molar-refractivity contribution is 0.309. The molecule has 0 unspecified atom stereocenters. The van der Waals surface area contributed by atoms with Crippen LogP contribution in [0.5, 0.6) is 5.75 Å². The Morgan fingerprint density at radius 3 is 2.28 bits per heavy atom. The number of rotatable bonds is 9. The smallest absolute Gasteiger partial charge is 0.240 e. The van der Waals surface area contributed by atoms with Crippen molar-refractivity contribution in [3.05, 3.63) is 58.1 Å². The van der Waals surface area contributed by atoms with Crippen LogP contribution in [0.15, 0.2) is 47.4 Å².